The van der Waals surface area contributed by atoms with Crippen LogP contribution in [0.3, 0.4) is 0 Å². The quantitative estimate of drug-likeness (QED) is 0.835. The van der Waals surface area contributed by atoms with E-state index in [9.17, 15) is 8.42 Å². The van der Waals surface area contributed by atoms with Gasteiger partial charge in [-0.3, -0.25) is 0 Å². The van der Waals surface area contributed by atoms with E-state index in [1.807, 2.05) is 0 Å². The van der Waals surface area contributed by atoms with Gasteiger partial charge in [-0.25, -0.2) is 13.1 Å². The minimum Gasteiger partial charge on any atom is -0.468 e. The second kappa shape index (κ2) is 5.36. The summed E-state index contributed by atoms with van der Waals surface area (Å²) in [5.74, 6) is 0.539. The summed E-state index contributed by atoms with van der Waals surface area (Å²) in [7, 11) is -3.70. The molecule has 0 fully saturated rings. The van der Waals surface area contributed by atoms with E-state index in [2.05, 4.69) is 20.7 Å². The van der Waals surface area contributed by atoms with E-state index in [1.165, 1.54) is 18.4 Å². The molecule has 0 bridgehead atoms. The maximum atomic E-state index is 12.3. The van der Waals surface area contributed by atoms with Crippen LogP contribution < -0.4 is 10.5 Å². The molecule has 0 saturated carbocycles. The van der Waals surface area contributed by atoms with Crippen molar-refractivity contribution in [3.8, 4) is 0 Å². The lowest BCUT2D eigenvalue weighted by atomic mass is 10.3. The van der Waals surface area contributed by atoms with Crippen molar-refractivity contribution in [2.45, 2.75) is 17.9 Å². The molecule has 0 aliphatic heterocycles. The van der Waals surface area contributed by atoms with Gasteiger partial charge in [-0.15, -0.1) is 0 Å². The topological polar surface area (TPSA) is 85.3 Å². The summed E-state index contributed by atoms with van der Waals surface area (Å²) in [4.78, 5) is 0.0419. The molecule has 5 nitrogen and oxygen atoms in total. The van der Waals surface area contributed by atoms with Crippen molar-refractivity contribution in [2.75, 3.05) is 5.73 Å². The molecule has 0 amide bonds. The van der Waals surface area contributed by atoms with Gasteiger partial charge in [-0.05, 0) is 37.3 Å². The molecule has 0 aliphatic rings. The lowest BCUT2D eigenvalue weighted by molar-refractivity contribution is 0.459. The zero-order valence-corrected chi connectivity index (χ0v) is 12.5. The minimum absolute atomic E-state index is 0.0419. The monoisotopic (exact) mass is 344 g/mol. The number of nitrogens with two attached hydrogens (primary N) is 1. The van der Waals surface area contributed by atoms with Crippen molar-refractivity contribution in [1.82, 2.24) is 4.72 Å². The Hall–Kier alpha value is -1.31. The molecule has 1 unspecified atom stereocenters. The molecule has 1 aromatic heterocycles. The number of furan rings is 1. The second-order valence-electron chi connectivity index (χ2n) is 4.04. The summed E-state index contributed by atoms with van der Waals surface area (Å²) >= 11 is 3.23. The summed E-state index contributed by atoms with van der Waals surface area (Å²) < 4.78 is 32.8. The Morgan fingerprint density at radius 1 is 1.37 bits per heavy atom. The fraction of sp³-hybridized carbons (Fsp3) is 0.167. The number of rotatable bonds is 4. The smallest absolute Gasteiger partial charge is 0.243 e. The Morgan fingerprint density at radius 2 is 2.11 bits per heavy atom. The molecule has 0 aliphatic carbocycles. The predicted octanol–water partition coefficient (Wildman–Crippen LogP) is 2.66. The number of nitrogens with one attached hydrogen (secondary N) is 1. The molecule has 19 heavy (non-hydrogen) atoms. The van der Waals surface area contributed by atoms with Gasteiger partial charge >= 0.3 is 0 Å². The average Bonchev–Trinajstić information content (AvgIpc) is 2.85. The Labute approximate surface area is 120 Å². The van der Waals surface area contributed by atoms with Crippen molar-refractivity contribution in [1.29, 1.82) is 0 Å². The number of hydrogen-bond acceptors (Lipinski definition) is 4. The van der Waals surface area contributed by atoms with E-state index in [1.54, 1.807) is 25.1 Å². The highest BCUT2D eigenvalue weighted by atomic mass is 79.9. The standard InChI is InChI=1S/C12H13BrN2O3S/c1-8(11-3-2-6-18-11)15-19(16,17)12-7-9(13)4-5-10(12)14/h2-8,15H,14H2,1H3. The first-order valence-electron chi connectivity index (χ1n) is 5.51. The van der Waals surface area contributed by atoms with Gasteiger partial charge in [0.1, 0.15) is 10.7 Å². The fourth-order valence-electron chi connectivity index (χ4n) is 1.63. The Kier molecular flexibility index (Phi) is 3.98. The zero-order valence-electron chi connectivity index (χ0n) is 10.1. The highest BCUT2D eigenvalue weighted by Crippen LogP contribution is 2.24. The first kappa shape index (κ1) is 14.1. The van der Waals surface area contributed by atoms with Gasteiger partial charge < -0.3 is 10.2 Å². The maximum Gasteiger partial charge on any atom is 0.243 e. The molecule has 1 atom stereocenters. The highest BCUT2D eigenvalue weighted by molar-refractivity contribution is 9.10. The van der Waals surface area contributed by atoms with Crippen LogP contribution in [0.2, 0.25) is 0 Å². The van der Waals surface area contributed by atoms with Gasteiger partial charge in [0, 0.05) is 4.47 Å². The molecular formula is C12H13BrN2O3S. The molecule has 0 saturated heterocycles. The SMILES string of the molecule is CC(NS(=O)(=O)c1cc(Br)ccc1N)c1ccco1. The number of sulfonamides is 1. The number of nitrogen functional groups attached to an aromatic ring is 1. The van der Waals surface area contributed by atoms with Gasteiger partial charge in [0.25, 0.3) is 0 Å². The Balaban J connectivity index is 2.30. The summed E-state index contributed by atoms with van der Waals surface area (Å²) in [5, 5.41) is 0. The van der Waals surface area contributed by atoms with Crippen LogP contribution in [-0.4, -0.2) is 8.42 Å². The van der Waals surface area contributed by atoms with Gasteiger partial charge in [0.15, 0.2) is 0 Å². The van der Waals surface area contributed by atoms with Crippen molar-refractivity contribution >= 4 is 31.6 Å². The maximum absolute atomic E-state index is 12.3. The largest absolute Gasteiger partial charge is 0.468 e. The summed E-state index contributed by atoms with van der Waals surface area (Å²) in [6.45, 7) is 1.70. The molecule has 1 aromatic carbocycles. The Morgan fingerprint density at radius 3 is 2.74 bits per heavy atom. The summed E-state index contributed by atoms with van der Waals surface area (Å²) in [6.07, 6.45) is 1.49. The lowest BCUT2D eigenvalue weighted by Crippen LogP contribution is -2.27. The molecule has 3 N–H and O–H groups in total. The van der Waals surface area contributed by atoms with E-state index >= 15 is 0 Å². The van der Waals surface area contributed by atoms with E-state index in [-0.39, 0.29) is 10.6 Å². The van der Waals surface area contributed by atoms with Gasteiger partial charge in [-0.1, -0.05) is 15.9 Å². The zero-order chi connectivity index (χ0) is 14.0. The van der Waals surface area contributed by atoms with Crippen LogP contribution in [0.4, 0.5) is 5.69 Å². The third kappa shape index (κ3) is 3.17. The first-order chi connectivity index (χ1) is 8.90. The van der Waals surface area contributed by atoms with E-state index in [0.29, 0.717) is 10.2 Å². The molecule has 2 aromatic rings. The average molecular weight is 345 g/mol. The number of anilines is 1. The third-order valence-corrected chi connectivity index (χ3v) is 4.66. The second-order valence-corrected chi connectivity index (χ2v) is 6.64. The van der Waals surface area contributed by atoms with Crippen LogP contribution in [-0.2, 0) is 10.0 Å². The molecule has 2 rings (SSSR count). The highest BCUT2D eigenvalue weighted by Gasteiger charge is 2.22. The van der Waals surface area contributed by atoms with Crippen LogP contribution in [0.25, 0.3) is 0 Å². The molecule has 102 valence electrons. The van der Waals surface area contributed by atoms with Crippen LogP contribution in [0.15, 0.2) is 50.4 Å². The van der Waals surface area contributed by atoms with Crippen LogP contribution >= 0.6 is 15.9 Å². The molecule has 0 radical (unpaired) electrons. The van der Waals surface area contributed by atoms with E-state index in [4.69, 9.17) is 10.2 Å². The van der Waals surface area contributed by atoms with Crippen molar-refractivity contribution < 1.29 is 12.8 Å². The summed E-state index contributed by atoms with van der Waals surface area (Å²) in [6, 6.07) is 7.62. The lowest BCUT2D eigenvalue weighted by Gasteiger charge is -2.13. The molecule has 1 heterocycles. The Bertz CT molecular complexity index is 668. The van der Waals surface area contributed by atoms with Crippen molar-refractivity contribution in [3.63, 3.8) is 0 Å². The van der Waals surface area contributed by atoms with Crippen LogP contribution in [0, 0.1) is 0 Å². The van der Waals surface area contributed by atoms with Gasteiger partial charge in [0.05, 0.1) is 18.0 Å². The number of hydrogen-bond donors (Lipinski definition) is 2. The van der Waals surface area contributed by atoms with Crippen molar-refractivity contribution in [3.05, 3.63) is 46.8 Å². The van der Waals surface area contributed by atoms with Crippen LogP contribution in [0.5, 0.6) is 0 Å². The number of halogens is 1. The van der Waals surface area contributed by atoms with E-state index < -0.39 is 16.1 Å². The van der Waals surface area contributed by atoms with Crippen molar-refractivity contribution in [2.24, 2.45) is 0 Å². The molecule has 7 heteroatoms. The van der Waals surface area contributed by atoms with E-state index in [0.717, 1.165) is 0 Å². The predicted molar refractivity (Wildman–Crippen MR) is 76.0 cm³/mol. The fourth-order valence-corrected chi connectivity index (χ4v) is 3.51. The van der Waals surface area contributed by atoms with Crippen LogP contribution in [0.1, 0.15) is 18.7 Å². The number of benzene rings is 1. The normalized spacial score (nSPS) is 13.4. The van der Waals surface area contributed by atoms with Gasteiger partial charge in [0.2, 0.25) is 10.0 Å². The summed E-state index contributed by atoms with van der Waals surface area (Å²) in [5.41, 5.74) is 5.90. The minimum atomic E-state index is -3.70. The van der Waals surface area contributed by atoms with Gasteiger partial charge in [-0.2, -0.15) is 0 Å². The molecule has 0 spiro atoms. The first-order valence-corrected chi connectivity index (χ1v) is 7.78. The third-order valence-electron chi connectivity index (χ3n) is 2.57. The molecular weight excluding hydrogens is 332 g/mol.